The highest BCUT2D eigenvalue weighted by molar-refractivity contribution is 6.34. The molecule has 0 spiro atoms. The van der Waals surface area contributed by atoms with Crippen LogP contribution < -0.4 is 5.32 Å². The average Bonchev–Trinajstić information content (AvgIpc) is 2.80. The predicted molar refractivity (Wildman–Crippen MR) is 72.6 cm³/mol. The fourth-order valence-electron chi connectivity index (χ4n) is 1.52. The number of hydrogen-bond donors (Lipinski definition) is 1. The van der Waals surface area contributed by atoms with Gasteiger partial charge in [-0.15, -0.1) is 10.2 Å². The molecule has 1 amide bonds. The van der Waals surface area contributed by atoms with Gasteiger partial charge < -0.3 is 5.32 Å². The molecule has 1 N–H and O–H groups in total. The van der Waals surface area contributed by atoms with E-state index in [1.54, 1.807) is 16.9 Å². The summed E-state index contributed by atoms with van der Waals surface area (Å²) in [6.45, 7) is 3.92. The van der Waals surface area contributed by atoms with Gasteiger partial charge >= 0.3 is 0 Å². The maximum absolute atomic E-state index is 12.1. The number of anilines is 1. The van der Waals surface area contributed by atoms with Gasteiger partial charge in [-0.05, 0) is 19.9 Å². The number of nitrogens with one attached hydrogen (secondary N) is 1. The van der Waals surface area contributed by atoms with Gasteiger partial charge in [0.25, 0.3) is 5.91 Å². The third kappa shape index (κ3) is 3.02. The smallest absolute Gasteiger partial charge is 0.260 e. The minimum absolute atomic E-state index is 0.00230. The van der Waals surface area contributed by atoms with Crippen LogP contribution in [0.1, 0.15) is 30.2 Å². The third-order valence-electron chi connectivity index (χ3n) is 2.36. The van der Waals surface area contributed by atoms with Crippen LogP contribution in [0.2, 0.25) is 10.3 Å². The fourth-order valence-corrected chi connectivity index (χ4v) is 1.85. The molecule has 0 aliphatic heterocycles. The maximum atomic E-state index is 12.1. The SMILES string of the molecule is CC(C)n1nccc1NC(=O)c1cc(Cl)nnc1Cl. The van der Waals surface area contributed by atoms with E-state index in [9.17, 15) is 4.79 Å². The molecular weight excluding hydrogens is 289 g/mol. The zero-order valence-corrected chi connectivity index (χ0v) is 11.8. The summed E-state index contributed by atoms with van der Waals surface area (Å²) >= 11 is 11.5. The van der Waals surface area contributed by atoms with Crippen molar-refractivity contribution in [3.8, 4) is 0 Å². The number of amides is 1. The molecule has 8 heteroatoms. The molecule has 0 bridgehead atoms. The van der Waals surface area contributed by atoms with Crippen molar-refractivity contribution in [3.05, 3.63) is 34.2 Å². The van der Waals surface area contributed by atoms with Gasteiger partial charge in [0.2, 0.25) is 0 Å². The number of aromatic nitrogens is 4. The largest absolute Gasteiger partial charge is 0.307 e. The Morgan fingerprint density at radius 2 is 2.11 bits per heavy atom. The van der Waals surface area contributed by atoms with E-state index < -0.39 is 5.91 Å². The summed E-state index contributed by atoms with van der Waals surface area (Å²) in [6, 6.07) is 3.18. The minimum Gasteiger partial charge on any atom is -0.307 e. The second-order valence-corrected chi connectivity index (χ2v) is 4.83. The third-order valence-corrected chi connectivity index (χ3v) is 2.83. The zero-order chi connectivity index (χ0) is 14.0. The van der Waals surface area contributed by atoms with Crippen LogP contribution in [0, 0.1) is 0 Å². The minimum atomic E-state index is -0.413. The van der Waals surface area contributed by atoms with Gasteiger partial charge in [0.1, 0.15) is 5.82 Å². The lowest BCUT2D eigenvalue weighted by molar-refractivity contribution is 0.102. The molecule has 0 radical (unpaired) electrons. The molecule has 0 atom stereocenters. The molecule has 2 rings (SSSR count). The van der Waals surface area contributed by atoms with Gasteiger partial charge in [-0.1, -0.05) is 23.2 Å². The summed E-state index contributed by atoms with van der Waals surface area (Å²) in [5.74, 6) is 0.160. The van der Waals surface area contributed by atoms with Gasteiger partial charge in [0.15, 0.2) is 10.3 Å². The van der Waals surface area contributed by atoms with Gasteiger partial charge in [-0.2, -0.15) is 5.10 Å². The van der Waals surface area contributed by atoms with Crippen molar-refractivity contribution in [3.63, 3.8) is 0 Å². The molecule has 0 unspecified atom stereocenters. The van der Waals surface area contributed by atoms with E-state index in [-0.39, 0.29) is 21.9 Å². The molecule has 0 fully saturated rings. The van der Waals surface area contributed by atoms with E-state index in [1.165, 1.54) is 6.07 Å². The fraction of sp³-hybridized carbons (Fsp3) is 0.273. The van der Waals surface area contributed by atoms with Crippen LogP contribution in [-0.2, 0) is 0 Å². The topological polar surface area (TPSA) is 72.7 Å². The molecule has 19 heavy (non-hydrogen) atoms. The van der Waals surface area contributed by atoms with E-state index in [4.69, 9.17) is 23.2 Å². The highest BCUT2D eigenvalue weighted by Crippen LogP contribution is 2.18. The first-order valence-electron chi connectivity index (χ1n) is 5.52. The Hall–Kier alpha value is -1.66. The van der Waals surface area contributed by atoms with Crippen LogP contribution in [-0.4, -0.2) is 25.9 Å². The van der Waals surface area contributed by atoms with Crippen LogP contribution in [0.25, 0.3) is 0 Å². The predicted octanol–water partition coefficient (Wildman–Crippen LogP) is 2.81. The Morgan fingerprint density at radius 3 is 2.79 bits per heavy atom. The Morgan fingerprint density at radius 1 is 1.37 bits per heavy atom. The van der Waals surface area contributed by atoms with Crippen LogP contribution in [0.4, 0.5) is 5.82 Å². The lowest BCUT2D eigenvalue weighted by Gasteiger charge is -2.11. The van der Waals surface area contributed by atoms with E-state index in [2.05, 4.69) is 20.6 Å². The van der Waals surface area contributed by atoms with Crippen molar-refractivity contribution >= 4 is 34.9 Å². The second-order valence-electron chi connectivity index (χ2n) is 4.08. The number of nitrogens with zero attached hydrogens (tertiary/aromatic N) is 4. The first kappa shape index (κ1) is 13.8. The lowest BCUT2D eigenvalue weighted by Crippen LogP contribution is -2.17. The van der Waals surface area contributed by atoms with Crippen LogP contribution in [0.5, 0.6) is 0 Å². The first-order valence-corrected chi connectivity index (χ1v) is 6.28. The summed E-state index contributed by atoms with van der Waals surface area (Å²) in [5, 5.41) is 14.1. The molecule has 100 valence electrons. The summed E-state index contributed by atoms with van der Waals surface area (Å²) in [4.78, 5) is 12.1. The van der Waals surface area contributed by atoms with Gasteiger partial charge in [-0.3, -0.25) is 4.79 Å². The number of rotatable bonds is 3. The normalized spacial score (nSPS) is 10.8. The number of carbonyl (C=O) groups is 1. The molecule has 2 aromatic heterocycles. The van der Waals surface area contributed by atoms with Crippen molar-refractivity contribution in [1.29, 1.82) is 0 Å². The average molecular weight is 300 g/mol. The lowest BCUT2D eigenvalue weighted by atomic mass is 10.3. The summed E-state index contributed by atoms with van der Waals surface area (Å²) in [5.41, 5.74) is 0.165. The molecule has 6 nitrogen and oxygen atoms in total. The van der Waals surface area contributed by atoms with E-state index in [0.29, 0.717) is 5.82 Å². The molecule has 0 aliphatic carbocycles. The summed E-state index contributed by atoms with van der Waals surface area (Å²) < 4.78 is 1.68. The number of hydrogen-bond acceptors (Lipinski definition) is 4. The molecule has 0 saturated carbocycles. The van der Waals surface area contributed by atoms with Crippen molar-refractivity contribution < 1.29 is 4.79 Å². The standard InChI is InChI=1S/C11H11Cl2N5O/c1-6(2)18-9(3-4-14-18)15-11(19)7-5-8(12)16-17-10(7)13/h3-6H,1-2H3,(H,15,19). The maximum Gasteiger partial charge on any atom is 0.260 e. The molecular formula is C11H11Cl2N5O. The molecule has 0 aliphatic rings. The quantitative estimate of drug-likeness (QED) is 0.946. The molecule has 2 aromatic rings. The molecule has 0 aromatic carbocycles. The van der Waals surface area contributed by atoms with Crippen molar-refractivity contribution in [2.24, 2.45) is 0 Å². The second kappa shape index (κ2) is 5.54. The zero-order valence-electron chi connectivity index (χ0n) is 10.3. The molecule has 0 saturated heterocycles. The number of carbonyl (C=O) groups excluding carboxylic acids is 1. The Balaban J connectivity index is 2.26. The first-order chi connectivity index (χ1) is 8.99. The Bertz CT molecular complexity index is 611. The van der Waals surface area contributed by atoms with Crippen LogP contribution in [0.15, 0.2) is 18.3 Å². The van der Waals surface area contributed by atoms with Crippen LogP contribution >= 0.6 is 23.2 Å². The Kier molecular flexibility index (Phi) is 4.01. The van der Waals surface area contributed by atoms with Crippen molar-refractivity contribution in [2.75, 3.05) is 5.32 Å². The molecule has 2 heterocycles. The highest BCUT2D eigenvalue weighted by Gasteiger charge is 2.15. The van der Waals surface area contributed by atoms with Gasteiger partial charge in [0.05, 0.1) is 11.8 Å². The highest BCUT2D eigenvalue weighted by atomic mass is 35.5. The van der Waals surface area contributed by atoms with Crippen LogP contribution in [0.3, 0.4) is 0 Å². The monoisotopic (exact) mass is 299 g/mol. The van der Waals surface area contributed by atoms with Crippen molar-refractivity contribution in [1.82, 2.24) is 20.0 Å². The number of halogens is 2. The van der Waals surface area contributed by atoms with E-state index >= 15 is 0 Å². The van der Waals surface area contributed by atoms with Gasteiger partial charge in [-0.25, -0.2) is 4.68 Å². The Labute approximate surface area is 119 Å². The van der Waals surface area contributed by atoms with Crippen molar-refractivity contribution in [2.45, 2.75) is 19.9 Å². The summed E-state index contributed by atoms with van der Waals surface area (Å²) in [6.07, 6.45) is 1.61. The van der Waals surface area contributed by atoms with E-state index in [0.717, 1.165) is 0 Å². The summed E-state index contributed by atoms with van der Waals surface area (Å²) in [7, 11) is 0. The van der Waals surface area contributed by atoms with E-state index in [1.807, 2.05) is 13.8 Å². The van der Waals surface area contributed by atoms with Gasteiger partial charge in [0, 0.05) is 12.1 Å².